The summed E-state index contributed by atoms with van der Waals surface area (Å²) in [6.07, 6.45) is 13.0. The number of allylic oxidation sites excluding steroid dienone is 6. The van der Waals surface area contributed by atoms with Crippen LogP contribution < -0.4 is 5.32 Å². The van der Waals surface area contributed by atoms with Crippen LogP contribution in [-0.2, 0) is 4.79 Å². The largest absolute Gasteiger partial charge is 0.511 e. The quantitative estimate of drug-likeness (QED) is 0.164. The second-order valence-corrected chi connectivity index (χ2v) is 9.51. The number of rotatable bonds is 15. The van der Waals surface area contributed by atoms with Gasteiger partial charge in [-0.1, -0.05) is 61.4 Å². The van der Waals surface area contributed by atoms with Crippen molar-refractivity contribution in [3.63, 3.8) is 0 Å². The van der Waals surface area contributed by atoms with Gasteiger partial charge < -0.3 is 10.4 Å². The van der Waals surface area contributed by atoms with Gasteiger partial charge in [0.05, 0.1) is 6.04 Å². The molecule has 0 radical (unpaired) electrons. The minimum Gasteiger partial charge on any atom is -0.511 e. The summed E-state index contributed by atoms with van der Waals surface area (Å²) in [5, 5.41) is 12.7. The van der Waals surface area contributed by atoms with Crippen LogP contribution in [0, 0.1) is 11.8 Å². The smallest absolute Gasteiger partial charge is 0.224 e. The molecule has 3 unspecified atom stereocenters. The summed E-state index contributed by atoms with van der Waals surface area (Å²) in [7, 11) is 0. The summed E-state index contributed by atoms with van der Waals surface area (Å²) >= 11 is 1.69. The van der Waals surface area contributed by atoms with Crippen molar-refractivity contribution in [3.05, 3.63) is 59.9 Å². The molecule has 0 spiro atoms. The van der Waals surface area contributed by atoms with Crippen LogP contribution in [0.1, 0.15) is 67.2 Å². The Kier molecular flexibility index (Phi) is 15.2. The lowest BCUT2D eigenvalue weighted by Crippen LogP contribution is -2.42. The summed E-state index contributed by atoms with van der Waals surface area (Å²) < 4.78 is 0. The number of nitrogens with one attached hydrogen (secondary N) is 1. The van der Waals surface area contributed by atoms with Crippen LogP contribution in [0.2, 0.25) is 0 Å². The van der Waals surface area contributed by atoms with Gasteiger partial charge in [0.25, 0.3) is 0 Å². The van der Waals surface area contributed by atoms with Gasteiger partial charge in [-0.05, 0) is 59.3 Å². The Hall–Kier alpha value is -1.68. The summed E-state index contributed by atoms with van der Waals surface area (Å²) in [5.41, 5.74) is 4.20. The molecule has 0 aliphatic rings. The molecule has 30 heavy (non-hydrogen) atoms. The maximum absolute atomic E-state index is 12.3. The lowest BCUT2D eigenvalue weighted by Gasteiger charge is -2.21. The third kappa shape index (κ3) is 13.5. The van der Waals surface area contributed by atoms with Gasteiger partial charge in [0.1, 0.15) is 5.76 Å². The van der Waals surface area contributed by atoms with Crippen molar-refractivity contribution in [1.29, 1.82) is 0 Å². The van der Waals surface area contributed by atoms with Crippen LogP contribution in [-0.4, -0.2) is 28.6 Å². The molecule has 0 rings (SSSR count). The minimum absolute atomic E-state index is 0.00346. The number of hydrogen-bond donors (Lipinski definition) is 2. The topological polar surface area (TPSA) is 49.3 Å². The molecule has 0 saturated heterocycles. The molecule has 0 aromatic rings. The normalized spacial score (nSPS) is 15.1. The molecule has 0 heterocycles. The molecule has 0 saturated carbocycles. The second kappa shape index (κ2) is 16.1. The third-order valence-corrected chi connectivity index (χ3v) is 6.22. The summed E-state index contributed by atoms with van der Waals surface area (Å²) in [5.74, 6) is 1.28. The molecule has 3 atom stereocenters. The van der Waals surface area contributed by atoms with E-state index in [-0.39, 0.29) is 23.5 Å². The lowest BCUT2D eigenvalue weighted by atomic mass is 9.95. The van der Waals surface area contributed by atoms with Gasteiger partial charge >= 0.3 is 0 Å². The number of carbonyl (C=O) groups is 1. The van der Waals surface area contributed by atoms with E-state index in [1.807, 2.05) is 13.8 Å². The number of aliphatic hydroxyl groups is 1. The second-order valence-electron chi connectivity index (χ2n) is 8.43. The Morgan fingerprint density at radius 1 is 1.03 bits per heavy atom. The highest BCUT2D eigenvalue weighted by atomic mass is 32.2. The molecule has 1 amide bonds. The van der Waals surface area contributed by atoms with E-state index in [1.54, 1.807) is 17.8 Å². The molecule has 0 aromatic heterocycles. The van der Waals surface area contributed by atoms with Crippen LogP contribution >= 0.6 is 11.8 Å². The lowest BCUT2D eigenvalue weighted by molar-refractivity contribution is -0.125. The summed E-state index contributed by atoms with van der Waals surface area (Å²) in [6.45, 7) is 19.8. The van der Waals surface area contributed by atoms with Gasteiger partial charge in [-0.15, -0.1) is 6.58 Å². The zero-order valence-electron chi connectivity index (χ0n) is 20.0. The first-order valence-corrected chi connectivity index (χ1v) is 12.1. The van der Waals surface area contributed by atoms with Crippen LogP contribution in [0.15, 0.2) is 59.9 Å². The number of aliphatic hydroxyl groups excluding tert-OH is 1. The number of thioether (sulfide) groups is 1. The van der Waals surface area contributed by atoms with Gasteiger partial charge in [-0.2, -0.15) is 11.8 Å². The van der Waals surface area contributed by atoms with E-state index in [0.29, 0.717) is 5.75 Å². The first kappa shape index (κ1) is 28.3. The van der Waals surface area contributed by atoms with Gasteiger partial charge in [-0.25, -0.2) is 0 Å². The minimum atomic E-state index is -0.429. The third-order valence-electron chi connectivity index (χ3n) is 5.25. The van der Waals surface area contributed by atoms with Crippen molar-refractivity contribution in [2.24, 2.45) is 11.8 Å². The fourth-order valence-electron chi connectivity index (χ4n) is 2.69. The van der Waals surface area contributed by atoms with Crippen LogP contribution in [0.3, 0.4) is 0 Å². The molecular weight excluding hydrogens is 390 g/mol. The Morgan fingerprint density at radius 2 is 1.60 bits per heavy atom. The molecule has 0 fully saturated rings. The van der Waals surface area contributed by atoms with E-state index in [0.717, 1.165) is 31.4 Å². The molecule has 0 aromatic carbocycles. The maximum Gasteiger partial charge on any atom is 0.224 e. The number of amides is 1. The molecule has 3 nitrogen and oxygen atoms in total. The zero-order chi connectivity index (χ0) is 23.1. The monoisotopic (exact) mass is 433 g/mol. The van der Waals surface area contributed by atoms with E-state index in [1.165, 1.54) is 16.7 Å². The molecular formula is C26H43NO2S. The van der Waals surface area contributed by atoms with Crippen molar-refractivity contribution < 1.29 is 9.90 Å². The number of carbonyl (C=O) groups excluding carboxylic acids is 1. The highest BCUT2D eigenvalue weighted by Gasteiger charge is 2.22. The van der Waals surface area contributed by atoms with Gasteiger partial charge in [0, 0.05) is 17.4 Å². The average Bonchev–Trinajstić information content (AvgIpc) is 2.68. The fraction of sp³-hybridized carbons (Fsp3) is 0.577. The Bertz CT molecular complexity index is 641. The van der Waals surface area contributed by atoms with Gasteiger partial charge in [0.15, 0.2) is 0 Å². The number of hydrogen-bond acceptors (Lipinski definition) is 3. The van der Waals surface area contributed by atoms with E-state index in [4.69, 9.17) is 0 Å². The van der Waals surface area contributed by atoms with Crippen molar-refractivity contribution in [3.8, 4) is 0 Å². The van der Waals surface area contributed by atoms with E-state index in [2.05, 4.69) is 64.4 Å². The van der Waals surface area contributed by atoms with Crippen molar-refractivity contribution in [2.45, 2.75) is 73.3 Å². The zero-order valence-corrected chi connectivity index (χ0v) is 20.8. The molecule has 0 aliphatic carbocycles. The van der Waals surface area contributed by atoms with Crippen LogP contribution in [0.4, 0.5) is 0 Å². The fourth-order valence-corrected chi connectivity index (χ4v) is 3.74. The standard InChI is InChI=1S/C26H43NO2S/c1-9-22(6)23(7)26(29)27-25(24(8)28)18-30-17-16-21(5)15-11-14-20(4)13-10-12-19(2)3/h9,12,14,16,22-23,25,28H,1,8,10-11,13,15,17-18H2,2-7H3,(H,27,29)/b20-14+,21-16+. The molecule has 0 bridgehead atoms. The van der Waals surface area contributed by atoms with Crippen molar-refractivity contribution >= 4 is 17.7 Å². The predicted molar refractivity (Wildman–Crippen MR) is 135 cm³/mol. The first-order valence-electron chi connectivity index (χ1n) is 10.9. The van der Waals surface area contributed by atoms with Crippen molar-refractivity contribution in [2.75, 3.05) is 11.5 Å². The van der Waals surface area contributed by atoms with Crippen molar-refractivity contribution in [1.82, 2.24) is 5.32 Å². The van der Waals surface area contributed by atoms with Gasteiger partial charge in [0.2, 0.25) is 5.91 Å². The Labute approximate surface area is 189 Å². The summed E-state index contributed by atoms with van der Waals surface area (Å²) in [4.78, 5) is 12.3. The van der Waals surface area contributed by atoms with Crippen LogP contribution in [0.25, 0.3) is 0 Å². The Balaban J connectivity index is 4.35. The highest BCUT2D eigenvalue weighted by molar-refractivity contribution is 7.99. The van der Waals surface area contributed by atoms with E-state index < -0.39 is 6.04 Å². The molecule has 2 N–H and O–H groups in total. The molecule has 170 valence electrons. The SMILES string of the molecule is C=CC(C)C(C)C(=O)NC(CSC/C=C(\C)CC/C=C(\C)CCC=C(C)C)C(=C)O. The average molecular weight is 434 g/mol. The predicted octanol–water partition coefficient (Wildman–Crippen LogP) is 7.15. The highest BCUT2D eigenvalue weighted by Crippen LogP contribution is 2.16. The summed E-state index contributed by atoms with van der Waals surface area (Å²) in [6, 6.07) is -0.429. The van der Waals surface area contributed by atoms with E-state index in [9.17, 15) is 9.90 Å². The Morgan fingerprint density at radius 3 is 2.13 bits per heavy atom. The van der Waals surface area contributed by atoms with Crippen LogP contribution in [0.5, 0.6) is 0 Å². The van der Waals surface area contributed by atoms with E-state index >= 15 is 0 Å². The molecule has 0 aliphatic heterocycles. The molecule has 4 heteroatoms. The first-order chi connectivity index (χ1) is 14.1. The maximum atomic E-state index is 12.3. The van der Waals surface area contributed by atoms with Gasteiger partial charge in [-0.3, -0.25) is 4.79 Å².